The van der Waals surface area contributed by atoms with Gasteiger partial charge in [0, 0.05) is 24.7 Å². The van der Waals surface area contributed by atoms with Gasteiger partial charge in [-0.2, -0.15) is 0 Å². The van der Waals surface area contributed by atoms with E-state index in [-0.39, 0.29) is 23.7 Å². The number of rotatable bonds is 4. The molecule has 0 radical (unpaired) electrons. The standard InChI is InChI=1S/C14H22N4O3/c1-9(2)18(8-10-5-3-4-6-15-10)13(20)11-7-12(19)17-14(21)16-11/h7,9-10,15H,3-6,8H2,1-2H3,(H2,16,17,19,21). The Hall–Kier alpha value is -1.89. The van der Waals surface area contributed by atoms with E-state index >= 15 is 0 Å². The van der Waals surface area contributed by atoms with Crippen LogP contribution in [0.25, 0.3) is 0 Å². The van der Waals surface area contributed by atoms with Crippen molar-refractivity contribution in [3.8, 4) is 0 Å². The molecule has 0 aromatic carbocycles. The zero-order chi connectivity index (χ0) is 15.4. The average Bonchev–Trinajstić information content (AvgIpc) is 2.44. The molecule has 2 heterocycles. The van der Waals surface area contributed by atoms with E-state index < -0.39 is 11.2 Å². The summed E-state index contributed by atoms with van der Waals surface area (Å²) in [5.41, 5.74) is -1.19. The smallest absolute Gasteiger partial charge is 0.326 e. The van der Waals surface area contributed by atoms with Gasteiger partial charge in [-0.05, 0) is 33.2 Å². The van der Waals surface area contributed by atoms with E-state index in [1.807, 2.05) is 13.8 Å². The molecule has 116 valence electrons. The van der Waals surface area contributed by atoms with Crippen LogP contribution < -0.4 is 16.6 Å². The predicted molar refractivity (Wildman–Crippen MR) is 79.5 cm³/mol. The molecule has 1 amide bonds. The van der Waals surface area contributed by atoms with Crippen molar-refractivity contribution in [2.45, 2.75) is 45.2 Å². The van der Waals surface area contributed by atoms with Gasteiger partial charge in [0.15, 0.2) is 0 Å². The van der Waals surface area contributed by atoms with Gasteiger partial charge >= 0.3 is 5.69 Å². The van der Waals surface area contributed by atoms with Gasteiger partial charge in [0.05, 0.1) is 0 Å². The molecule has 3 N–H and O–H groups in total. The zero-order valence-corrected chi connectivity index (χ0v) is 12.4. The minimum atomic E-state index is -0.662. The van der Waals surface area contributed by atoms with Crippen molar-refractivity contribution < 1.29 is 4.79 Å². The van der Waals surface area contributed by atoms with Crippen molar-refractivity contribution in [1.29, 1.82) is 0 Å². The van der Waals surface area contributed by atoms with E-state index in [1.165, 1.54) is 0 Å². The maximum absolute atomic E-state index is 12.5. The molecule has 7 nitrogen and oxygen atoms in total. The highest BCUT2D eigenvalue weighted by Gasteiger charge is 2.24. The summed E-state index contributed by atoms with van der Waals surface area (Å²) in [6, 6.07) is 1.38. The van der Waals surface area contributed by atoms with Crippen LogP contribution in [-0.4, -0.2) is 45.9 Å². The third kappa shape index (κ3) is 4.04. The number of H-pyrrole nitrogens is 2. The Morgan fingerprint density at radius 2 is 2.10 bits per heavy atom. The van der Waals surface area contributed by atoms with Gasteiger partial charge in [-0.3, -0.25) is 14.6 Å². The fourth-order valence-electron chi connectivity index (χ4n) is 2.58. The Morgan fingerprint density at radius 1 is 1.33 bits per heavy atom. The quantitative estimate of drug-likeness (QED) is 0.731. The van der Waals surface area contributed by atoms with E-state index in [9.17, 15) is 14.4 Å². The second-order valence-electron chi connectivity index (χ2n) is 5.70. The molecule has 7 heteroatoms. The van der Waals surface area contributed by atoms with Crippen molar-refractivity contribution in [2.24, 2.45) is 0 Å². The molecule has 1 aliphatic heterocycles. The lowest BCUT2D eigenvalue weighted by Crippen LogP contribution is -2.48. The summed E-state index contributed by atoms with van der Waals surface area (Å²) < 4.78 is 0. The van der Waals surface area contributed by atoms with E-state index in [1.54, 1.807) is 4.90 Å². The minimum Gasteiger partial charge on any atom is -0.333 e. The largest absolute Gasteiger partial charge is 0.333 e. The van der Waals surface area contributed by atoms with Gasteiger partial charge in [-0.15, -0.1) is 0 Å². The number of aromatic nitrogens is 2. The number of hydrogen-bond donors (Lipinski definition) is 3. The number of aromatic amines is 2. The van der Waals surface area contributed by atoms with Crippen LogP contribution in [0.4, 0.5) is 0 Å². The molecule has 0 bridgehead atoms. The van der Waals surface area contributed by atoms with Crippen LogP contribution in [0, 0.1) is 0 Å². The molecule has 1 aromatic rings. The molecule has 0 saturated carbocycles. The van der Waals surface area contributed by atoms with E-state index in [0.29, 0.717) is 6.54 Å². The molecule has 2 rings (SSSR count). The summed E-state index contributed by atoms with van der Waals surface area (Å²) in [4.78, 5) is 41.3. The first-order valence-corrected chi connectivity index (χ1v) is 7.35. The highest BCUT2D eigenvalue weighted by atomic mass is 16.2. The molecule has 0 aliphatic carbocycles. The Labute approximate surface area is 122 Å². The average molecular weight is 294 g/mol. The highest BCUT2D eigenvalue weighted by molar-refractivity contribution is 5.92. The molecular weight excluding hydrogens is 272 g/mol. The van der Waals surface area contributed by atoms with Crippen LogP contribution in [0.3, 0.4) is 0 Å². The number of nitrogens with one attached hydrogen (secondary N) is 3. The first kappa shape index (κ1) is 15.5. The lowest BCUT2D eigenvalue weighted by atomic mass is 10.0. The molecule has 1 aliphatic rings. The summed E-state index contributed by atoms with van der Waals surface area (Å²) in [7, 11) is 0. The fourth-order valence-corrected chi connectivity index (χ4v) is 2.58. The third-order valence-electron chi connectivity index (χ3n) is 3.70. The van der Waals surface area contributed by atoms with Crippen LogP contribution >= 0.6 is 0 Å². The SMILES string of the molecule is CC(C)N(CC1CCCCN1)C(=O)c1cc(=O)[nH]c(=O)[nH]1. The molecular formula is C14H22N4O3. The number of carbonyl (C=O) groups excluding carboxylic acids is 1. The van der Waals surface area contributed by atoms with E-state index in [2.05, 4.69) is 15.3 Å². The first-order chi connectivity index (χ1) is 9.97. The topological polar surface area (TPSA) is 98.1 Å². The zero-order valence-electron chi connectivity index (χ0n) is 12.4. The second kappa shape index (κ2) is 6.71. The van der Waals surface area contributed by atoms with Crippen LogP contribution in [0.2, 0.25) is 0 Å². The van der Waals surface area contributed by atoms with Crippen molar-refractivity contribution in [3.63, 3.8) is 0 Å². The summed E-state index contributed by atoms with van der Waals surface area (Å²) in [6.07, 6.45) is 3.34. The van der Waals surface area contributed by atoms with Crippen molar-refractivity contribution in [2.75, 3.05) is 13.1 Å². The normalized spacial score (nSPS) is 18.7. The van der Waals surface area contributed by atoms with Gasteiger partial charge in [0.25, 0.3) is 11.5 Å². The van der Waals surface area contributed by atoms with Crippen molar-refractivity contribution in [3.05, 3.63) is 32.6 Å². The van der Waals surface area contributed by atoms with E-state index in [0.717, 1.165) is 31.9 Å². The van der Waals surface area contributed by atoms with Crippen molar-refractivity contribution >= 4 is 5.91 Å². The monoisotopic (exact) mass is 294 g/mol. The van der Waals surface area contributed by atoms with Crippen LogP contribution in [0.5, 0.6) is 0 Å². The van der Waals surface area contributed by atoms with Crippen LogP contribution in [0.15, 0.2) is 15.7 Å². The second-order valence-corrected chi connectivity index (χ2v) is 5.70. The summed E-state index contributed by atoms with van der Waals surface area (Å²) >= 11 is 0. The van der Waals surface area contributed by atoms with E-state index in [4.69, 9.17) is 0 Å². The van der Waals surface area contributed by atoms with Gasteiger partial charge in [0.1, 0.15) is 5.69 Å². The third-order valence-corrected chi connectivity index (χ3v) is 3.70. The fraction of sp³-hybridized carbons (Fsp3) is 0.643. The number of amides is 1. The number of nitrogens with zero attached hydrogens (tertiary/aromatic N) is 1. The van der Waals surface area contributed by atoms with Gasteiger partial charge in [-0.1, -0.05) is 6.42 Å². The Bertz CT molecular complexity index is 570. The summed E-state index contributed by atoms with van der Waals surface area (Å²) in [6.45, 7) is 5.38. The lowest BCUT2D eigenvalue weighted by Gasteiger charge is -2.33. The highest BCUT2D eigenvalue weighted by Crippen LogP contribution is 2.12. The maximum Gasteiger partial charge on any atom is 0.326 e. The molecule has 1 unspecified atom stereocenters. The lowest BCUT2D eigenvalue weighted by molar-refractivity contribution is 0.0670. The van der Waals surface area contributed by atoms with Crippen LogP contribution in [-0.2, 0) is 0 Å². The minimum absolute atomic E-state index is 0.0102. The predicted octanol–water partition coefficient (Wildman–Crippen LogP) is 0.0559. The van der Waals surface area contributed by atoms with Crippen molar-refractivity contribution in [1.82, 2.24) is 20.2 Å². The van der Waals surface area contributed by atoms with Gasteiger partial charge in [-0.25, -0.2) is 4.79 Å². The maximum atomic E-state index is 12.5. The number of hydrogen-bond acceptors (Lipinski definition) is 4. The van der Waals surface area contributed by atoms with Crippen LogP contribution in [0.1, 0.15) is 43.6 Å². The Kier molecular flexibility index (Phi) is 4.95. The Morgan fingerprint density at radius 3 is 2.67 bits per heavy atom. The molecule has 1 fully saturated rings. The summed E-state index contributed by atoms with van der Waals surface area (Å²) in [5, 5.41) is 3.40. The molecule has 1 saturated heterocycles. The molecule has 1 aromatic heterocycles. The first-order valence-electron chi connectivity index (χ1n) is 7.35. The Balaban J connectivity index is 2.18. The van der Waals surface area contributed by atoms with Gasteiger partial charge in [0.2, 0.25) is 0 Å². The number of piperidine rings is 1. The molecule has 0 spiro atoms. The number of carbonyl (C=O) groups is 1. The molecule has 1 atom stereocenters. The van der Waals surface area contributed by atoms with Gasteiger partial charge < -0.3 is 15.2 Å². The molecule has 21 heavy (non-hydrogen) atoms. The summed E-state index contributed by atoms with van der Waals surface area (Å²) in [5.74, 6) is -0.319.